The van der Waals surface area contributed by atoms with Crippen molar-refractivity contribution in [3.8, 4) is 11.5 Å². The molecule has 138 valence electrons. The van der Waals surface area contributed by atoms with Gasteiger partial charge < -0.3 is 19.5 Å². The Morgan fingerprint density at radius 1 is 1.08 bits per heavy atom. The van der Waals surface area contributed by atoms with Crippen LogP contribution in [0.5, 0.6) is 11.5 Å². The van der Waals surface area contributed by atoms with Gasteiger partial charge in [0.15, 0.2) is 12.4 Å². The molecule has 0 aliphatic heterocycles. The SMILES string of the molecule is COc1c(Cl)cc(C(=O)OCC(=O)NCCOc2ccccc2)cc1Cl. The van der Waals surface area contributed by atoms with E-state index >= 15 is 0 Å². The van der Waals surface area contributed by atoms with E-state index in [2.05, 4.69) is 5.32 Å². The summed E-state index contributed by atoms with van der Waals surface area (Å²) in [7, 11) is 1.41. The Morgan fingerprint density at radius 2 is 1.73 bits per heavy atom. The van der Waals surface area contributed by atoms with Crippen molar-refractivity contribution in [1.82, 2.24) is 5.32 Å². The zero-order valence-electron chi connectivity index (χ0n) is 14.0. The Labute approximate surface area is 160 Å². The van der Waals surface area contributed by atoms with E-state index in [1.165, 1.54) is 19.2 Å². The normalized spacial score (nSPS) is 10.1. The van der Waals surface area contributed by atoms with E-state index in [0.29, 0.717) is 12.4 Å². The van der Waals surface area contributed by atoms with Gasteiger partial charge in [-0.05, 0) is 24.3 Å². The molecule has 2 aromatic rings. The second kappa shape index (κ2) is 9.89. The second-order valence-corrected chi connectivity index (χ2v) is 5.88. The van der Waals surface area contributed by atoms with Gasteiger partial charge in [0.05, 0.1) is 29.3 Å². The summed E-state index contributed by atoms with van der Waals surface area (Å²) < 4.78 is 15.4. The fourth-order valence-electron chi connectivity index (χ4n) is 2.01. The summed E-state index contributed by atoms with van der Waals surface area (Å²) in [5, 5.41) is 2.94. The van der Waals surface area contributed by atoms with Crippen molar-refractivity contribution >= 4 is 35.1 Å². The average Bonchev–Trinajstić information content (AvgIpc) is 2.64. The van der Waals surface area contributed by atoms with Crippen molar-refractivity contribution in [2.75, 3.05) is 26.9 Å². The number of ether oxygens (including phenoxy) is 3. The zero-order chi connectivity index (χ0) is 18.9. The molecule has 0 unspecified atom stereocenters. The van der Waals surface area contributed by atoms with Crippen LogP contribution in [0, 0.1) is 0 Å². The number of para-hydroxylation sites is 1. The Morgan fingerprint density at radius 3 is 2.35 bits per heavy atom. The molecule has 6 nitrogen and oxygen atoms in total. The topological polar surface area (TPSA) is 73.9 Å². The van der Waals surface area contributed by atoms with Gasteiger partial charge in [0.2, 0.25) is 0 Å². The van der Waals surface area contributed by atoms with Crippen LogP contribution in [0.1, 0.15) is 10.4 Å². The number of hydrogen-bond acceptors (Lipinski definition) is 5. The molecule has 0 aliphatic carbocycles. The minimum atomic E-state index is -0.716. The lowest BCUT2D eigenvalue weighted by Gasteiger charge is -2.10. The van der Waals surface area contributed by atoms with Crippen LogP contribution >= 0.6 is 23.2 Å². The van der Waals surface area contributed by atoms with Gasteiger partial charge in [-0.25, -0.2) is 4.79 Å². The summed E-state index contributed by atoms with van der Waals surface area (Å²) in [4.78, 5) is 23.7. The van der Waals surface area contributed by atoms with E-state index in [0.717, 1.165) is 0 Å². The smallest absolute Gasteiger partial charge is 0.338 e. The highest BCUT2D eigenvalue weighted by atomic mass is 35.5. The van der Waals surface area contributed by atoms with Gasteiger partial charge in [-0.3, -0.25) is 4.79 Å². The second-order valence-electron chi connectivity index (χ2n) is 5.06. The van der Waals surface area contributed by atoms with Crippen LogP contribution in [0.2, 0.25) is 10.0 Å². The van der Waals surface area contributed by atoms with Crippen molar-refractivity contribution in [2.24, 2.45) is 0 Å². The van der Waals surface area contributed by atoms with E-state index in [1.54, 1.807) is 0 Å². The molecule has 2 aromatic carbocycles. The maximum absolute atomic E-state index is 12.0. The van der Waals surface area contributed by atoms with Crippen molar-refractivity contribution in [3.05, 3.63) is 58.1 Å². The van der Waals surface area contributed by atoms with Crippen molar-refractivity contribution in [3.63, 3.8) is 0 Å². The lowest BCUT2D eigenvalue weighted by molar-refractivity contribution is -0.124. The lowest BCUT2D eigenvalue weighted by Crippen LogP contribution is -2.32. The molecule has 0 spiro atoms. The molecule has 8 heteroatoms. The van der Waals surface area contributed by atoms with Crippen LogP contribution in [0.4, 0.5) is 0 Å². The highest BCUT2D eigenvalue weighted by Gasteiger charge is 2.15. The number of amides is 1. The summed E-state index contributed by atoms with van der Waals surface area (Å²) >= 11 is 11.9. The van der Waals surface area contributed by atoms with Crippen molar-refractivity contribution < 1.29 is 23.8 Å². The van der Waals surface area contributed by atoms with Gasteiger partial charge in [-0.1, -0.05) is 41.4 Å². The van der Waals surface area contributed by atoms with Crippen LogP contribution in [-0.4, -0.2) is 38.7 Å². The van der Waals surface area contributed by atoms with E-state index in [9.17, 15) is 9.59 Å². The van der Waals surface area contributed by atoms with Crippen LogP contribution in [-0.2, 0) is 9.53 Å². The molecular weight excluding hydrogens is 381 g/mol. The molecule has 0 bridgehead atoms. The van der Waals surface area contributed by atoms with Crippen LogP contribution in [0.25, 0.3) is 0 Å². The molecule has 0 aliphatic rings. The number of benzene rings is 2. The minimum absolute atomic E-state index is 0.126. The fourth-order valence-corrected chi connectivity index (χ4v) is 2.66. The molecule has 26 heavy (non-hydrogen) atoms. The minimum Gasteiger partial charge on any atom is -0.494 e. The van der Waals surface area contributed by atoms with Gasteiger partial charge >= 0.3 is 5.97 Å². The van der Waals surface area contributed by atoms with Gasteiger partial charge in [-0.2, -0.15) is 0 Å². The van der Waals surface area contributed by atoms with E-state index in [1.807, 2.05) is 30.3 Å². The number of carbonyl (C=O) groups is 2. The third-order valence-electron chi connectivity index (χ3n) is 3.21. The number of esters is 1. The highest BCUT2D eigenvalue weighted by molar-refractivity contribution is 6.37. The summed E-state index contributed by atoms with van der Waals surface area (Å²) in [5.41, 5.74) is 0.126. The van der Waals surface area contributed by atoms with Gasteiger partial charge in [0, 0.05) is 0 Å². The Hall–Kier alpha value is -2.44. The summed E-state index contributed by atoms with van der Waals surface area (Å²) in [6.07, 6.45) is 0. The number of hydrogen-bond donors (Lipinski definition) is 1. The molecule has 0 saturated carbocycles. The Kier molecular flexibility index (Phi) is 7.56. The summed E-state index contributed by atoms with van der Waals surface area (Å²) in [6, 6.07) is 11.9. The Balaban J connectivity index is 1.74. The van der Waals surface area contributed by atoms with Crippen molar-refractivity contribution in [2.45, 2.75) is 0 Å². The van der Waals surface area contributed by atoms with Crippen LogP contribution in [0.15, 0.2) is 42.5 Å². The molecule has 1 amide bonds. The van der Waals surface area contributed by atoms with E-state index in [-0.39, 0.29) is 27.9 Å². The molecule has 0 fully saturated rings. The summed E-state index contributed by atoms with van der Waals surface area (Å²) in [5.74, 6) is -0.185. The van der Waals surface area contributed by atoms with E-state index < -0.39 is 18.5 Å². The maximum Gasteiger partial charge on any atom is 0.338 e. The first kappa shape index (κ1) is 19.9. The predicted octanol–water partition coefficient (Wildman–Crippen LogP) is 3.35. The monoisotopic (exact) mass is 397 g/mol. The van der Waals surface area contributed by atoms with Crippen LogP contribution in [0.3, 0.4) is 0 Å². The molecule has 0 atom stereocenters. The lowest BCUT2D eigenvalue weighted by atomic mass is 10.2. The van der Waals surface area contributed by atoms with Crippen LogP contribution < -0.4 is 14.8 Å². The zero-order valence-corrected chi connectivity index (χ0v) is 15.5. The molecule has 0 aromatic heterocycles. The Bertz CT molecular complexity index is 744. The molecular formula is C18H17Cl2NO5. The van der Waals surface area contributed by atoms with Crippen molar-refractivity contribution in [1.29, 1.82) is 0 Å². The van der Waals surface area contributed by atoms with Gasteiger partial charge in [-0.15, -0.1) is 0 Å². The number of nitrogens with one attached hydrogen (secondary N) is 1. The molecule has 0 radical (unpaired) electrons. The number of halogens is 2. The molecule has 0 heterocycles. The maximum atomic E-state index is 12.0. The average molecular weight is 398 g/mol. The predicted molar refractivity (Wildman–Crippen MR) is 98.2 cm³/mol. The highest BCUT2D eigenvalue weighted by Crippen LogP contribution is 2.33. The standard InChI is InChI=1S/C18H17Cl2NO5/c1-24-17-14(19)9-12(10-15(17)20)18(23)26-11-16(22)21-7-8-25-13-5-3-2-4-6-13/h2-6,9-10H,7-8,11H2,1H3,(H,21,22). The summed E-state index contributed by atoms with van der Waals surface area (Å²) in [6.45, 7) is 0.157. The fraction of sp³-hybridized carbons (Fsp3) is 0.222. The molecule has 2 rings (SSSR count). The molecule has 1 N–H and O–H groups in total. The molecule has 0 saturated heterocycles. The first-order chi connectivity index (χ1) is 12.5. The third kappa shape index (κ3) is 5.82. The van der Waals surface area contributed by atoms with Gasteiger partial charge in [0.25, 0.3) is 5.91 Å². The van der Waals surface area contributed by atoms with E-state index in [4.69, 9.17) is 37.4 Å². The first-order valence-corrected chi connectivity index (χ1v) is 8.41. The quantitative estimate of drug-likeness (QED) is 0.545. The largest absolute Gasteiger partial charge is 0.494 e. The number of methoxy groups -OCH3 is 1. The number of rotatable bonds is 8. The first-order valence-electron chi connectivity index (χ1n) is 7.66. The number of carbonyl (C=O) groups excluding carboxylic acids is 2. The van der Waals surface area contributed by atoms with Gasteiger partial charge in [0.1, 0.15) is 12.4 Å². The third-order valence-corrected chi connectivity index (χ3v) is 3.77.